The summed E-state index contributed by atoms with van der Waals surface area (Å²) in [5.74, 6) is 1.59. The summed E-state index contributed by atoms with van der Waals surface area (Å²) in [6.45, 7) is 6.50. The van der Waals surface area contributed by atoms with Crippen LogP contribution in [0.4, 0.5) is 0 Å². The number of phenols is 1. The molecule has 1 saturated carbocycles. The number of aromatic hydroxyl groups is 1. The highest BCUT2D eigenvalue weighted by molar-refractivity contribution is 5.46. The van der Waals surface area contributed by atoms with Gasteiger partial charge < -0.3 is 5.11 Å². The van der Waals surface area contributed by atoms with Gasteiger partial charge in [0.05, 0.1) is 0 Å². The summed E-state index contributed by atoms with van der Waals surface area (Å²) in [6.07, 6.45) is 6.76. The van der Waals surface area contributed by atoms with Crippen molar-refractivity contribution >= 4 is 0 Å². The maximum atomic E-state index is 9.98. The molecular formula is C16H24O. The monoisotopic (exact) mass is 232 g/mol. The van der Waals surface area contributed by atoms with Crippen LogP contribution in [0.15, 0.2) is 12.1 Å². The minimum atomic E-state index is 0.401. The Kier molecular flexibility index (Phi) is 3.76. The quantitative estimate of drug-likeness (QED) is 0.771. The van der Waals surface area contributed by atoms with E-state index in [1.54, 1.807) is 0 Å². The molecule has 0 heterocycles. The highest BCUT2D eigenvalue weighted by atomic mass is 16.3. The predicted molar refractivity (Wildman–Crippen MR) is 72.8 cm³/mol. The Labute approximate surface area is 105 Å². The molecule has 1 N–H and O–H groups in total. The minimum absolute atomic E-state index is 0.401. The molecule has 1 aromatic rings. The Bertz CT molecular complexity index is 387. The fourth-order valence-electron chi connectivity index (χ4n) is 3.32. The molecule has 0 aliphatic heterocycles. The van der Waals surface area contributed by atoms with Gasteiger partial charge in [0.1, 0.15) is 5.75 Å². The summed E-state index contributed by atoms with van der Waals surface area (Å²) < 4.78 is 0. The number of phenolic OH excluding ortho intramolecular Hbond substituents is 1. The van der Waals surface area contributed by atoms with E-state index in [0.29, 0.717) is 11.7 Å². The van der Waals surface area contributed by atoms with Crippen molar-refractivity contribution < 1.29 is 5.11 Å². The zero-order valence-corrected chi connectivity index (χ0v) is 11.3. The molecule has 17 heavy (non-hydrogen) atoms. The van der Waals surface area contributed by atoms with E-state index in [1.807, 2.05) is 6.07 Å². The zero-order chi connectivity index (χ0) is 12.4. The molecule has 0 unspecified atom stereocenters. The lowest BCUT2D eigenvalue weighted by atomic mass is 9.80. The fraction of sp³-hybridized carbons (Fsp3) is 0.625. The van der Waals surface area contributed by atoms with Crippen molar-refractivity contribution in [3.63, 3.8) is 0 Å². The molecule has 0 spiro atoms. The van der Waals surface area contributed by atoms with Gasteiger partial charge >= 0.3 is 0 Å². The maximum absolute atomic E-state index is 9.98. The number of hydrogen-bond acceptors (Lipinski definition) is 1. The molecular weight excluding hydrogens is 208 g/mol. The van der Waals surface area contributed by atoms with Gasteiger partial charge in [-0.1, -0.05) is 39.2 Å². The molecule has 1 fully saturated rings. The van der Waals surface area contributed by atoms with Gasteiger partial charge in [0.25, 0.3) is 0 Å². The largest absolute Gasteiger partial charge is 0.508 e. The molecule has 0 bridgehead atoms. The van der Waals surface area contributed by atoms with E-state index in [9.17, 15) is 5.11 Å². The Balaban J connectivity index is 2.37. The number of rotatable bonds is 2. The molecule has 0 radical (unpaired) electrons. The molecule has 2 rings (SSSR count). The molecule has 1 aromatic carbocycles. The lowest BCUT2D eigenvalue weighted by Crippen LogP contribution is -2.08. The van der Waals surface area contributed by atoms with Crippen LogP contribution in [0.25, 0.3) is 0 Å². The van der Waals surface area contributed by atoms with Gasteiger partial charge in [-0.25, -0.2) is 0 Å². The zero-order valence-electron chi connectivity index (χ0n) is 11.3. The van der Waals surface area contributed by atoms with Crippen LogP contribution in [-0.4, -0.2) is 5.11 Å². The molecule has 1 heteroatoms. The van der Waals surface area contributed by atoms with Crippen molar-refractivity contribution in [2.75, 3.05) is 0 Å². The van der Waals surface area contributed by atoms with Gasteiger partial charge in [0, 0.05) is 0 Å². The molecule has 0 atom stereocenters. The van der Waals surface area contributed by atoms with Crippen LogP contribution in [0.5, 0.6) is 5.75 Å². The van der Waals surface area contributed by atoms with Gasteiger partial charge in [0.15, 0.2) is 0 Å². The maximum Gasteiger partial charge on any atom is 0.119 e. The van der Waals surface area contributed by atoms with E-state index in [0.717, 1.165) is 11.5 Å². The van der Waals surface area contributed by atoms with Crippen molar-refractivity contribution in [1.29, 1.82) is 0 Å². The van der Waals surface area contributed by atoms with Crippen LogP contribution < -0.4 is 0 Å². The van der Waals surface area contributed by atoms with Crippen LogP contribution in [0.1, 0.15) is 74.5 Å². The lowest BCUT2D eigenvalue weighted by Gasteiger charge is -2.26. The van der Waals surface area contributed by atoms with Gasteiger partial charge in [-0.15, -0.1) is 0 Å². The fourth-order valence-corrected chi connectivity index (χ4v) is 3.32. The Morgan fingerprint density at radius 1 is 1.12 bits per heavy atom. The third kappa shape index (κ3) is 2.48. The SMILES string of the molecule is Cc1c(C2CCCCC2)ccc(O)c1C(C)C. The molecule has 0 saturated heterocycles. The second kappa shape index (κ2) is 5.12. The summed E-state index contributed by atoms with van der Waals surface area (Å²) in [5, 5.41) is 9.98. The van der Waals surface area contributed by atoms with Crippen LogP contribution >= 0.6 is 0 Å². The van der Waals surface area contributed by atoms with Gasteiger partial charge in [-0.05, 0) is 54.4 Å². The third-order valence-electron chi connectivity index (χ3n) is 4.16. The van der Waals surface area contributed by atoms with E-state index in [2.05, 4.69) is 26.8 Å². The first-order valence-electron chi connectivity index (χ1n) is 6.93. The molecule has 1 nitrogen and oxygen atoms in total. The normalized spacial score (nSPS) is 17.6. The summed E-state index contributed by atoms with van der Waals surface area (Å²) in [4.78, 5) is 0. The van der Waals surface area contributed by atoms with Crippen LogP contribution in [-0.2, 0) is 0 Å². The number of hydrogen-bond donors (Lipinski definition) is 1. The first-order valence-corrected chi connectivity index (χ1v) is 6.93. The van der Waals surface area contributed by atoms with Crippen LogP contribution in [0, 0.1) is 6.92 Å². The summed E-state index contributed by atoms with van der Waals surface area (Å²) >= 11 is 0. The van der Waals surface area contributed by atoms with Gasteiger partial charge in [-0.3, -0.25) is 0 Å². The van der Waals surface area contributed by atoms with Crippen LogP contribution in [0.3, 0.4) is 0 Å². The van der Waals surface area contributed by atoms with E-state index in [-0.39, 0.29) is 0 Å². The topological polar surface area (TPSA) is 20.2 Å². The first kappa shape index (κ1) is 12.5. The molecule has 0 aromatic heterocycles. The second-order valence-electron chi connectivity index (χ2n) is 5.70. The molecule has 94 valence electrons. The van der Waals surface area contributed by atoms with Crippen molar-refractivity contribution in [2.24, 2.45) is 0 Å². The highest BCUT2D eigenvalue weighted by Gasteiger charge is 2.20. The van der Waals surface area contributed by atoms with E-state index < -0.39 is 0 Å². The van der Waals surface area contributed by atoms with Crippen molar-refractivity contribution in [1.82, 2.24) is 0 Å². The second-order valence-corrected chi connectivity index (χ2v) is 5.70. The van der Waals surface area contributed by atoms with Crippen molar-refractivity contribution in [3.05, 3.63) is 28.8 Å². The third-order valence-corrected chi connectivity index (χ3v) is 4.16. The average Bonchev–Trinajstić information content (AvgIpc) is 2.30. The Hall–Kier alpha value is -0.980. The van der Waals surface area contributed by atoms with E-state index in [4.69, 9.17) is 0 Å². The Morgan fingerprint density at radius 2 is 1.76 bits per heavy atom. The standard InChI is InChI=1S/C16H24O/c1-11(2)16-12(3)14(9-10-15(16)17)13-7-5-4-6-8-13/h9-11,13,17H,4-8H2,1-3H3. The number of benzene rings is 1. The molecule has 0 amide bonds. The van der Waals surface area contributed by atoms with E-state index in [1.165, 1.54) is 43.2 Å². The molecule has 1 aliphatic carbocycles. The predicted octanol–water partition coefficient (Wildman–Crippen LogP) is 4.87. The summed E-state index contributed by atoms with van der Waals surface area (Å²) in [5.41, 5.74) is 3.95. The smallest absolute Gasteiger partial charge is 0.119 e. The van der Waals surface area contributed by atoms with Crippen LogP contribution in [0.2, 0.25) is 0 Å². The average molecular weight is 232 g/mol. The minimum Gasteiger partial charge on any atom is -0.508 e. The lowest BCUT2D eigenvalue weighted by molar-refractivity contribution is 0.438. The molecule has 1 aliphatic rings. The van der Waals surface area contributed by atoms with Crippen molar-refractivity contribution in [3.8, 4) is 5.75 Å². The van der Waals surface area contributed by atoms with E-state index >= 15 is 0 Å². The highest BCUT2D eigenvalue weighted by Crippen LogP contribution is 2.39. The van der Waals surface area contributed by atoms with Gasteiger partial charge in [-0.2, -0.15) is 0 Å². The Morgan fingerprint density at radius 3 is 2.35 bits per heavy atom. The first-order chi connectivity index (χ1) is 8.11. The summed E-state index contributed by atoms with van der Waals surface area (Å²) in [6, 6.07) is 4.04. The van der Waals surface area contributed by atoms with Crippen molar-refractivity contribution in [2.45, 2.75) is 64.7 Å². The summed E-state index contributed by atoms with van der Waals surface area (Å²) in [7, 11) is 0. The van der Waals surface area contributed by atoms with Gasteiger partial charge in [0.2, 0.25) is 0 Å².